The van der Waals surface area contributed by atoms with Gasteiger partial charge in [-0.2, -0.15) is 0 Å². The largest absolute Gasteiger partial charge is 0.455 e. The van der Waals surface area contributed by atoms with Crippen LogP contribution >= 0.6 is 0 Å². The van der Waals surface area contributed by atoms with Crippen molar-refractivity contribution in [2.75, 3.05) is 0 Å². The summed E-state index contributed by atoms with van der Waals surface area (Å²) in [6.07, 6.45) is 9.66. The topological polar surface area (TPSA) is 87.5 Å². The Balaban J connectivity index is 1.47. The van der Waals surface area contributed by atoms with Crippen molar-refractivity contribution in [2.24, 2.45) is 0 Å². The zero-order chi connectivity index (χ0) is 28.1. The third kappa shape index (κ3) is 5.07. The Labute approximate surface area is 233 Å². The van der Waals surface area contributed by atoms with Crippen LogP contribution in [0.5, 0.6) is 0 Å². The summed E-state index contributed by atoms with van der Waals surface area (Å²) in [6.45, 7) is 17.5. The number of rotatable bonds is 6. The fraction of sp³-hybridized carbons (Fsp3) is 0.273. The number of hydrogen-bond acceptors (Lipinski definition) is 4. The first-order valence-electron chi connectivity index (χ1n) is 13.4. The number of allylic oxidation sites excluding steroid dienone is 8. The van der Waals surface area contributed by atoms with Gasteiger partial charge in [0, 0.05) is 6.54 Å². The summed E-state index contributed by atoms with van der Waals surface area (Å²) in [5.41, 5.74) is 5.74. The monoisotopic (exact) mass is 525 g/mol. The zero-order valence-electron chi connectivity index (χ0n) is 22.3. The van der Waals surface area contributed by atoms with Crippen LogP contribution in [0.1, 0.15) is 63.4 Å². The van der Waals surface area contributed by atoms with Crippen LogP contribution < -0.4 is 0 Å². The molecule has 0 radical (unpaired) electrons. The van der Waals surface area contributed by atoms with E-state index in [1.54, 1.807) is 0 Å². The van der Waals surface area contributed by atoms with Crippen molar-refractivity contribution in [3.63, 3.8) is 0 Å². The van der Waals surface area contributed by atoms with E-state index in [2.05, 4.69) is 21.2 Å². The quantitative estimate of drug-likeness (QED) is 0.237. The lowest BCUT2D eigenvalue weighted by atomic mass is 9.93. The first-order chi connectivity index (χ1) is 19.6. The summed E-state index contributed by atoms with van der Waals surface area (Å²) in [6, 6.07) is 16.0. The molecule has 7 heteroatoms. The van der Waals surface area contributed by atoms with E-state index in [4.69, 9.17) is 22.0 Å². The Kier molecular flexibility index (Phi) is 7.68. The summed E-state index contributed by atoms with van der Waals surface area (Å²) < 4.78 is 14.9. The maximum absolute atomic E-state index is 9.28. The van der Waals surface area contributed by atoms with Crippen LogP contribution in [0.4, 0.5) is 0 Å². The molecule has 0 unspecified atom stereocenters. The van der Waals surface area contributed by atoms with E-state index in [1.165, 1.54) is 0 Å². The Bertz CT molecular complexity index is 1600. The second kappa shape index (κ2) is 11.7. The van der Waals surface area contributed by atoms with Crippen molar-refractivity contribution in [1.29, 1.82) is 10.5 Å². The lowest BCUT2D eigenvalue weighted by Crippen LogP contribution is -2.01. The molecule has 3 aromatic rings. The van der Waals surface area contributed by atoms with Crippen molar-refractivity contribution < 1.29 is 8.83 Å². The average Bonchev–Trinajstić information content (AvgIpc) is 3.75. The lowest BCUT2D eigenvalue weighted by molar-refractivity contribution is 0.544. The number of furan rings is 2. The van der Waals surface area contributed by atoms with Gasteiger partial charge in [0.1, 0.15) is 11.5 Å². The highest BCUT2D eigenvalue weighted by atomic mass is 16.3. The lowest BCUT2D eigenvalue weighted by Gasteiger charge is -2.14. The Morgan fingerprint density at radius 1 is 0.750 bits per heavy atom. The molecule has 0 aromatic carbocycles. The molecule has 0 saturated heterocycles. The third-order valence-electron chi connectivity index (χ3n) is 7.30. The third-order valence-corrected chi connectivity index (χ3v) is 7.30. The van der Waals surface area contributed by atoms with Crippen molar-refractivity contribution in [2.45, 2.75) is 58.4 Å². The molecule has 0 N–H and O–H groups in total. The molecular formula is C33H27N5O2. The Hall–Kier alpha value is -5.24. The highest BCUT2D eigenvalue weighted by molar-refractivity contribution is 5.72. The van der Waals surface area contributed by atoms with Gasteiger partial charge in [-0.3, -0.25) is 0 Å². The van der Waals surface area contributed by atoms with Crippen molar-refractivity contribution >= 4 is 11.1 Å². The maximum Gasteiger partial charge on any atom is 0.265 e. The summed E-state index contributed by atoms with van der Waals surface area (Å²) in [5, 5.41) is 18.6. The second-order valence-corrected chi connectivity index (χ2v) is 9.82. The summed E-state index contributed by atoms with van der Waals surface area (Å²) in [4.78, 5) is 6.75. The fourth-order valence-corrected chi connectivity index (χ4v) is 5.41. The summed E-state index contributed by atoms with van der Waals surface area (Å²) >= 11 is 0. The smallest absolute Gasteiger partial charge is 0.265 e. The van der Waals surface area contributed by atoms with Gasteiger partial charge in [0.25, 0.3) is 11.4 Å². The molecule has 196 valence electrons. The van der Waals surface area contributed by atoms with Gasteiger partial charge in [0.15, 0.2) is 11.5 Å². The molecule has 0 spiro atoms. The van der Waals surface area contributed by atoms with Crippen LogP contribution in [0.2, 0.25) is 0 Å². The van der Waals surface area contributed by atoms with E-state index in [1.807, 2.05) is 60.7 Å². The van der Waals surface area contributed by atoms with Crippen LogP contribution in [-0.4, -0.2) is 4.57 Å². The molecule has 7 nitrogen and oxygen atoms in total. The maximum atomic E-state index is 9.28. The molecule has 3 heterocycles. The summed E-state index contributed by atoms with van der Waals surface area (Å²) in [5.74, 6) is 3.00. The molecule has 0 amide bonds. The van der Waals surface area contributed by atoms with Crippen LogP contribution in [0.3, 0.4) is 0 Å². The minimum absolute atomic E-state index is 0.149. The van der Waals surface area contributed by atoms with Crippen molar-refractivity contribution in [3.8, 4) is 35.0 Å². The number of nitriles is 2. The molecule has 0 aliphatic heterocycles. The van der Waals surface area contributed by atoms with Crippen molar-refractivity contribution in [1.82, 2.24) is 4.57 Å². The van der Waals surface area contributed by atoms with E-state index in [9.17, 15) is 10.5 Å². The molecule has 40 heavy (non-hydrogen) atoms. The molecule has 5 rings (SSSR count). The van der Waals surface area contributed by atoms with Gasteiger partial charge in [0.05, 0.1) is 36.7 Å². The summed E-state index contributed by atoms with van der Waals surface area (Å²) in [7, 11) is 0. The predicted octanol–water partition coefficient (Wildman–Crippen LogP) is 8.95. The molecule has 2 aliphatic carbocycles. The molecule has 0 bridgehead atoms. The van der Waals surface area contributed by atoms with Gasteiger partial charge in [-0.1, -0.05) is 19.1 Å². The molecular weight excluding hydrogens is 498 g/mol. The van der Waals surface area contributed by atoms with Crippen LogP contribution in [-0.2, 0) is 6.54 Å². The number of aromatic nitrogens is 1. The Morgan fingerprint density at radius 3 is 1.60 bits per heavy atom. The Morgan fingerprint density at radius 2 is 1.20 bits per heavy atom. The van der Waals surface area contributed by atoms with E-state index < -0.39 is 0 Å². The van der Waals surface area contributed by atoms with Gasteiger partial charge in [-0.05, 0) is 104 Å². The predicted molar refractivity (Wildman–Crippen MR) is 152 cm³/mol. The van der Waals surface area contributed by atoms with Gasteiger partial charge in [-0.15, -0.1) is 0 Å². The molecule has 2 aliphatic rings. The van der Waals surface area contributed by atoms with Crippen LogP contribution in [0.25, 0.3) is 43.7 Å². The van der Waals surface area contributed by atoms with E-state index in [0.29, 0.717) is 0 Å². The first-order valence-corrected chi connectivity index (χ1v) is 13.4. The van der Waals surface area contributed by atoms with Gasteiger partial charge in [-0.25, -0.2) is 20.2 Å². The highest BCUT2D eigenvalue weighted by Gasteiger charge is 2.21. The average molecular weight is 526 g/mol. The van der Waals surface area contributed by atoms with E-state index in [-0.39, 0.29) is 11.4 Å². The highest BCUT2D eigenvalue weighted by Crippen LogP contribution is 2.38. The number of hydrogen-bond donors (Lipinski definition) is 0. The number of nitrogens with zero attached hydrogens (tertiary/aromatic N) is 5. The molecule has 0 atom stereocenters. The minimum Gasteiger partial charge on any atom is -0.455 e. The van der Waals surface area contributed by atoms with Gasteiger partial charge in [0.2, 0.25) is 0 Å². The standard InChI is InChI=1S/C33H27N5O2/c1-4-17-38-28(32-15-13-30(39-32)24-9-5-7-22(18-24)26(20-34)36-2)11-12-29(38)33-16-14-31(40-33)25-10-6-8-23(19-25)27(21-35)37-3/h11-16,18-19H,4-10,17H2,1H3/b26-22-,27-23+. The minimum atomic E-state index is 0.149. The fourth-order valence-electron chi connectivity index (χ4n) is 5.41. The normalized spacial score (nSPS) is 17.5. The van der Waals surface area contributed by atoms with Crippen molar-refractivity contribution in [3.05, 3.63) is 105 Å². The molecule has 3 aromatic heterocycles. The van der Waals surface area contributed by atoms with Gasteiger partial charge < -0.3 is 13.4 Å². The van der Waals surface area contributed by atoms with Crippen LogP contribution in [0.15, 0.2) is 79.9 Å². The van der Waals surface area contributed by atoms with Gasteiger partial charge >= 0.3 is 0 Å². The zero-order valence-corrected chi connectivity index (χ0v) is 22.3. The SMILES string of the molecule is [C-]#[N+]/C(C#N)=C1\C=C(c2ccc(-c3ccc(-c4ccc(C5=C/C(=C(\C#N)[N+]#[C-])CCC5)o4)n3CCC)o2)CCC1. The van der Waals surface area contributed by atoms with E-state index in [0.717, 1.165) is 108 Å². The molecule has 0 fully saturated rings. The first kappa shape index (κ1) is 26.4. The van der Waals surface area contributed by atoms with E-state index >= 15 is 0 Å². The van der Waals surface area contributed by atoms with Crippen LogP contribution in [0, 0.1) is 35.8 Å². The molecule has 0 saturated carbocycles. The second-order valence-electron chi connectivity index (χ2n) is 9.82.